The zero-order valence-corrected chi connectivity index (χ0v) is 13.9. The van der Waals surface area contributed by atoms with Gasteiger partial charge in [0.05, 0.1) is 4.90 Å². The fourth-order valence-corrected chi connectivity index (χ4v) is 3.50. The van der Waals surface area contributed by atoms with E-state index in [1.165, 1.54) is 24.3 Å². The number of nitrogens with zero attached hydrogens (tertiary/aromatic N) is 2. The van der Waals surface area contributed by atoms with E-state index >= 15 is 0 Å². The van der Waals surface area contributed by atoms with Gasteiger partial charge in [-0.2, -0.15) is 3.97 Å². The molecule has 0 saturated heterocycles. The topological polar surface area (TPSA) is 78.1 Å². The normalized spacial score (nSPS) is 11.4. The van der Waals surface area contributed by atoms with Crippen molar-refractivity contribution in [1.82, 2.24) is 8.54 Å². The van der Waals surface area contributed by atoms with Crippen LogP contribution in [0.5, 0.6) is 0 Å². The Bertz CT molecular complexity index is 1110. The monoisotopic (exact) mass is 360 g/mol. The number of rotatable bonds is 3. The van der Waals surface area contributed by atoms with Crippen LogP contribution in [0, 0.1) is 12.7 Å². The van der Waals surface area contributed by atoms with Crippen molar-refractivity contribution in [2.45, 2.75) is 11.8 Å². The summed E-state index contributed by atoms with van der Waals surface area (Å²) in [7, 11) is -4.13. The summed E-state index contributed by atoms with van der Waals surface area (Å²) in [6.07, 6.45) is 2.04. The third-order valence-corrected chi connectivity index (χ3v) is 5.28. The van der Waals surface area contributed by atoms with Crippen LogP contribution in [-0.4, -0.2) is 22.9 Å². The van der Waals surface area contributed by atoms with Gasteiger partial charge in [-0.1, -0.05) is 23.8 Å². The maximum Gasteiger partial charge on any atom is 0.349 e. The maximum atomic E-state index is 13.3. The van der Waals surface area contributed by atoms with E-state index in [9.17, 15) is 22.4 Å². The Kier molecular flexibility index (Phi) is 4.13. The minimum Gasteiger partial charge on any atom is -0.268 e. The van der Waals surface area contributed by atoms with Crippen molar-refractivity contribution in [3.63, 3.8) is 0 Å². The number of aryl methyl sites for hydroxylation is 1. The summed E-state index contributed by atoms with van der Waals surface area (Å²) >= 11 is 0. The Morgan fingerprint density at radius 2 is 1.72 bits per heavy atom. The molecule has 2 aromatic carbocycles. The Hall–Kier alpha value is -3.00. The third kappa shape index (κ3) is 3.03. The van der Waals surface area contributed by atoms with Gasteiger partial charge in [0.15, 0.2) is 0 Å². The van der Waals surface area contributed by atoms with Crippen molar-refractivity contribution in [2.24, 2.45) is 0 Å². The van der Waals surface area contributed by atoms with Crippen LogP contribution >= 0.6 is 0 Å². The van der Waals surface area contributed by atoms with Gasteiger partial charge >= 0.3 is 5.69 Å². The summed E-state index contributed by atoms with van der Waals surface area (Å²) in [6, 6.07) is 10.8. The number of hydrogen-bond acceptors (Lipinski definition) is 4. The van der Waals surface area contributed by atoms with E-state index in [-0.39, 0.29) is 10.5 Å². The van der Waals surface area contributed by atoms with Gasteiger partial charge in [-0.05, 0) is 37.3 Å². The van der Waals surface area contributed by atoms with Crippen LogP contribution in [0.15, 0.2) is 70.6 Å². The van der Waals surface area contributed by atoms with Gasteiger partial charge < -0.3 is 0 Å². The van der Waals surface area contributed by atoms with Crippen LogP contribution in [0.4, 0.5) is 4.39 Å². The fraction of sp³-hybridized carbons (Fsp3) is 0.0588. The van der Waals surface area contributed by atoms with Gasteiger partial charge in [0.25, 0.3) is 15.9 Å². The lowest BCUT2D eigenvalue weighted by atomic mass is 10.2. The Balaban J connectivity index is 2.06. The second-order valence-electron chi connectivity index (χ2n) is 5.38. The van der Waals surface area contributed by atoms with Crippen molar-refractivity contribution in [1.29, 1.82) is 0 Å². The number of hydrogen-bond donors (Lipinski definition) is 0. The molecular formula is C17H13FN2O4S. The minimum atomic E-state index is -4.13. The van der Waals surface area contributed by atoms with Gasteiger partial charge in [0, 0.05) is 18.0 Å². The maximum absolute atomic E-state index is 13.3. The molecular weight excluding hydrogens is 347 g/mol. The van der Waals surface area contributed by atoms with Crippen LogP contribution in [0.25, 0.3) is 0 Å². The summed E-state index contributed by atoms with van der Waals surface area (Å²) in [5.74, 6) is -1.45. The molecule has 1 aromatic heterocycles. The molecule has 0 saturated carbocycles. The SMILES string of the molecule is Cc1ccc(S(=O)(=O)n2ccn(C(=O)c3cccc(F)c3)c2=O)cc1. The van der Waals surface area contributed by atoms with Crippen LogP contribution in [0.3, 0.4) is 0 Å². The molecule has 0 N–H and O–H groups in total. The summed E-state index contributed by atoms with van der Waals surface area (Å²) in [6.45, 7) is 1.80. The molecule has 0 fully saturated rings. The van der Waals surface area contributed by atoms with Crippen molar-refractivity contribution in [3.8, 4) is 0 Å². The second-order valence-corrected chi connectivity index (χ2v) is 7.20. The van der Waals surface area contributed by atoms with Crippen LogP contribution in [0.2, 0.25) is 0 Å². The van der Waals surface area contributed by atoms with E-state index < -0.39 is 27.4 Å². The van der Waals surface area contributed by atoms with Gasteiger partial charge in [0.1, 0.15) is 5.82 Å². The smallest absolute Gasteiger partial charge is 0.268 e. The fourth-order valence-electron chi connectivity index (χ4n) is 2.28. The Labute approximate surface area is 142 Å². The first kappa shape index (κ1) is 16.8. The molecule has 1 heterocycles. The highest BCUT2D eigenvalue weighted by molar-refractivity contribution is 7.90. The van der Waals surface area contributed by atoms with Crippen molar-refractivity contribution < 1.29 is 17.6 Å². The summed E-state index contributed by atoms with van der Waals surface area (Å²) in [4.78, 5) is 24.6. The molecule has 25 heavy (non-hydrogen) atoms. The molecule has 8 heteroatoms. The number of aromatic nitrogens is 2. The lowest BCUT2D eigenvalue weighted by molar-refractivity contribution is 0.0955. The minimum absolute atomic E-state index is 0.0624. The van der Waals surface area contributed by atoms with Crippen molar-refractivity contribution in [2.75, 3.05) is 0 Å². The molecule has 0 atom stereocenters. The molecule has 0 bridgehead atoms. The summed E-state index contributed by atoms with van der Waals surface area (Å²) < 4.78 is 39.5. The molecule has 0 spiro atoms. The van der Waals surface area contributed by atoms with Crippen molar-refractivity contribution in [3.05, 3.63) is 88.4 Å². The standard InChI is InChI=1S/C17H13FN2O4S/c1-12-5-7-15(8-6-12)25(23,24)20-10-9-19(17(20)22)16(21)13-3-2-4-14(18)11-13/h2-11H,1H3. The zero-order chi connectivity index (χ0) is 18.2. The predicted octanol–water partition coefficient (Wildman–Crippen LogP) is 2.02. The summed E-state index contributed by atoms with van der Waals surface area (Å²) in [5.41, 5.74) is -0.243. The molecule has 3 aromatic rings. The van der Waals surface area contributed by atoms with E-state index in [1.54, 1.807) is 19.1 Å². The summed E-state index contributed by atoms with van der Waals surface area (Å²) in [5, 5.41) is 0. The molecule has 3 rings (SSSR count). The molecule has 0 aliphatic heterocycles. The molecule has 0 aliphatic rings. The highest BCUT2D eigenvalue weighted by Gasteiger charge is 2.22. The van der Waals surface area contributed by atoms with E-state index in [2.05, 4.69) is 0 Å². The second kappa shape index (κ2) is 6.14. The average Bonchev–Trinajstić information content (AvgIpc) is 2.97. The highest BCUT2D eigenvalue weighted by Crippen LogP contribution is 2.13. The van der Waals surface area contributed by atoms with Gasteiger partial charge in [-0.25, -0.2) is 22.2 Å². The number of imidazole rings is 1. The van der Waals surface area contributed by atoms with Crippen LogP contribution in [-0.2, 0) is 10.0 Å². The number of halogens is 1. The lowest BCUT2D eigenvalue weighted by Gasteiger charge is -2.05. The first-order valence-corrected chi connectivity index (χ1v) is 8.67. The quantitative estimate of drug-likeness (QED) is 0.716. The van der Waals surface area contributed by atoms with Crippen LogP contribution in [0.1, 0.15) is 15.9 Å². The first-order valence-electron chi connectivity index (χ1n) is 7.23. The van der Waals surface area contributed by atoms with E-state index in [1.807, 2.05) is 0 Å². The molecule has 0 aliphatic carbocycles. The van der Waals surface area contributed by atoms with Gasteiger partial charge in [-0.3, -0.25) is 4.79 Å². The van der Waals surface area contributed by atoms with Gasteiger partial charge in [0.2, 0.25) is 0 Å². The molecule has 0 amide bonds. The first-order chi connectivity index (χ1) is 11.8. The molecule has 6 nitrogen and oxygen atoms in total. The largest absolute Gasteiger partial charge is 0.349 e. The van der Waals surface area contributed by atoms with E-state index in [0.717, 1.165) is 30.1 Å². The number of benzene rings is 2. The van der Waals surface area contributed by atoms with E-state index in [4.69, 9.17) is 0 Å². The van der Waals surface area contributed by atoms with E-state index in [0.29, 0.717) is 8.54 Å². The molecule has 0 unspecified atom stereocenters. The zero-order valence-electron chi connectivity index (χ0n) is 13.1. The van der Waals surface area contributed by atoms with Crippen molar-refractivity contribution >= 4 is 15.9 Å². The number of carbonyl (C=O) groups excluding carboxylic acids is 1. The van der Waals surface area contributed by atoms with Gasteiger partial charge in [-0.15, -0.1) is 0 Å². The average molecular weight is 360 g/mol. The third-order valence-electron chi connectivity index (χ3n) is 3.61. The Morgan fingerprint density at radius 3 is 2.36 bits per heavy atom. The number of carbonyl (C=O) groups is 1. The predicted molar refractivity (Wildman–Crippen MR) is 88.6 cm³/mol. The Morgan fingerprint density at radius 1 is 1.04 bits per heavy atom. The van der Waals surface area contributed by atoms with Crippen LogP contribution < -0.4 is 5.69 Å². The lowest BCUT2D eigenvalue weighted by Crippen LogP contribution is -2.32. The highest BCUT2D eigenvalue weighted by atomic mass is 32.2. The molecule has 128 valence electrons. The molecule has 0 radical (unpaired) electrons.